The molecule has 0 saturated carbocycles. The molecule has 0 radical (unpaired) electrons. The predicted molar refractivity (Wildman–Crippen MR) is 94.5 cm³/mol. The summed E-state index contributed by atoms with van der Waals surface area (Å²) < 4.78 is 60.0. The highest BCUT2D eigenvalue weighted by atomic mass is 32.2. The largest absolute Gasteiger partial charge is 0.381 e. The number of sulfonamides is 1. The van der Waals surface area contributed by atoms with Crippen molar-refractivity contribution in [3.05, 3.63) is 65.2 Å². The maximum Gasteiger partial charge on any atom is 0.240 e. The molecule has 3 rings (SSSR count). The average molecular weight is 381 g/mol. The quantitative estimate of drug-likeness (QED) is 0.865. The molecule has 1 aliphatic heterocycles. The van der Waals surface area contributed by atoms with E-state index >= 15 is 0 Å². The number of nitrogens with one attached hydrogen (secondary N) is 1. The van der Waals surface area contributed by atoms with Crippen LogP contribution in [0.1, 0.15) is 24.0 Å². The Balaban J connectivity index is 1.85. The van der Waals surface area contributed by atoms with Crippen molar-refractivity contribution in [3.8, 4) is 0 Å². The summed E-state index contributed by atoms with van der Waals surface area (Å²) in [5, 5.41) is 0. The van der Waals surface area contributed by atoms with Crippen molar-refractivity contribution in [2.75, 3.05) is 19.8 Å². The SMILES string of the molecule is Cc1cc(S(=O)(=O)NCC2(c3ccc(F)cc3)CCOCC2)ccc1F. The van der Waals surface area contributed by atoms with Crippen LogP contribution in [-0.4, -0.2) is 28.2 Å². The second-order valence-corrected chi connectivity index (χ2v) is 8.40. The summed E-state index contributed by atoms with van der Waals surface area (Å²) in [6.07, 6.45) is 1.26. The van der Waals surface area contributed by atoms with Crippen LogP contribution < -0.4 is 4.72 Å². The van der Waals surface area contributed by atoms with Crippen LogP contribution in [0, 0.1) is 18.6 Å². The number of rotatable bonds is 5. The minimum Gasteiger partial charge on any atom is -0.381 e. The van der Waals surface area contributed by atoms with E-state index in [1.807, 2.05) is 0 Å². The van der Waals surface area contributed by atoms with Crippen LogP contribution in [0.15, 0.2) is 47.4 Å². The van der Waals surface area contributed by atoms with Crippen LogP contribution in [0.3, 0.4) is 0 Å². The smallest absolute Gasteiger partial charge is 0.240 e. The molecule has 0 spiro atoms. The van der Waals surface area contributed by atoms with E-state index in [0.717, 1.165) is 11.6 Å². The lowest BCUT2D eigenvalue weighted by Crippen LogP contribution is -2.44. The highest BCUT2D eigenvalue weighted by Crippen LogP contribution is 2.34. The molecule has 140 valence electrons. The normalized spacial score (nSPS) is 17.2. The minimum atomic E-state index is -3.78. The van der Waals surface area contributed by atoms with Crippen LogP contribution in [0.5, 0.6) is 0 Å². The fraction of sp³-hybridized carbons (Fsp3) is 0.368. The highest BCUT2D eigenvalue weighted by Gasteiger charge is 2.35. The topological polar surface area (TPSA) is 55.4 Å². The molecule has 0 unspecified atom stereocenters. The van der Waals surface area contributed by atoms with E-state index in [1.165, 1.54) is 31.2 Å². The Morgan fingerprint density at radius 3 is 2.35 bits per heavy atom. The van der Waals surface area contributed by atoms with E-state index in [-0.39, 0.29) is 22.8 Å². The first-order valence-electron chi connectivity index (χ1n) is 8.42. The van der Waals surface area contributed by atoms with Gasteiger partial charge in [0.2, 0.25) is 10.0 Å². The van der Waals surface area contributed by atoms with Gasteiger partial charge in [0.25, 0.3) is 0 Å². The summed E-state index contributed by atoms with van der Waals surface area (Å²) >= 11 is 0. The van der Waals surface area contributed by atoms with E-state index in [0.29, 0.717) is 26.1 Å². The maximum atomic E-state index is 13.4. The van der Waals surface area contributed by atoms with Crippen molar-refractivity contribution in [1.29, 1.82) is 0 Å². The first-order valence-corrected chi connectivity index (χ1v) is 9.90. The van der Waals surface area contributed by atoms with Gasteiger partial charge in [-0.2, -0.15) is 0 Å². The Morgan fingerprint density at radius 1 is 1.08 bits per heavy atom. The third-order valence-corrected chi connectivity index (χ3v) is 6.35. The fourth-order valence-electron chi connectivity index (χ4n) is 3.23. The molecule has 1 aliphatic rings. The van der Waals surface area contributed by atoms with Gasteiger partial charge in [-0.1, -0.05) is 12.1 Å². The number of benzene rings is 2. The average Bonchev–Trinajstić information content (AvgIpc) is 2.64. The molecule has 0 atom stereocenters. The fourth-order valence-corrected chi connectivity index (χ4v) is 4.45. The summed E-state index contributed by atoms with van der Waals surface area (Å²) in [7, 11) is -3.78. The van der Waals surface area contributed by atoms with Crippen molar-refractivity contribution >= 4 is 10.0 Å². The van der Waals surface area contributed by atoms with E-state index in [4.69, 9.17) is 4.74 Å². The Labute approximate surface area is 152 Å². The Morgan fingerprint density at radius 2 is 1.73 bits per heavy atom. The van der Waals surface area contributed by atoms with Crippen LogP contribution >= 0.6 is 0 Å². The Hall–Kier alpha value is -1.83. The molecule has 7 heteroatoms. The summed E-state index contributed by atoms with van der Waals surface area (Å²) in [5.74, 6) is -0.783. The second-order valence-electron chi connectivity index (χ2n) is 6.64. The lowest BCUT2D eigenvalue weighted by atomic mass is 9.74. The van der Waals surface area contributed by atoms with Crippen LogP contribution in [0.25, 0.3) is 0 Å². The summed E-state index contributed by atoms with van der Waals surface area (Å²) in [6, 6.07) is 9.85. The predicted octanol–water partition coefficient (Wildman–Crippen LogP) is 3.30. The summed E-state index contributed by atoms with van der Waals surface area (Å²) in [4.78, 5) is 0.0257. The van der Waals surface area contributed by atoms with Crippen molar-refractivity contribution in [2.45, 2.75) is 30.1 Å². The molecule has 0 aromatic heterocycles. The van der Waals surface area contributed by atoms with Gasteiger partial charge in [0.1, 0.15) is 11.6 Å². The van der Waals surface area contributed by atoms with Crippen LogP contribution in [-0.2, 0) is 20.2 Å². The Kier molecular flexibility index (Phi) is 5.41. The van der Waals surface area contributed by atoms with Gasteiger partial charge in [0.05, 0.1) is 4.90 Å². The molecule has 1 N–H and O–H groups in total. The number of aryl methyl sites for hydroxylation is 1. The van der Waals surface area contributed by atoms with Gasteiger partial charge in [-0.05, 0) is 61.2 Å². The van der Waals surface area contributed by atoms with E-state index in [1.54, 1.807) is 12.1 Å². The maximum absolute atomic E-state index is 13.4. The summed E-state index contributed by atoms with van der Waals surface area (Å²) in [5.41, 5.74) is 0.682. The number of ether oxygens (including phenoxy) is 1. The molecule has 0 amide bonds. The molecule has 0 bridgehead atoms. The standard InChI is InChI=1S/C19H21F2NO3S/c1-14-12-17(6-7-18(14)21)26(23,24)22-13-19(8-10-25-11-9-19)15-2-4-16(20)5-3-15/h2-7,12,22H,8-11,13H2,1H3. The zero-order chi connectivity index (χ0) is 18.8. The van der Waals surface area contributed by atoms with Gasteiger partial charge >= 0.3 is 0 Å². The van der Waals surface area contributed by atoms with Crippen LogP contribution in [0.4, 0.5) is 8.78 Å². The van der Waals surface area contributed by atoms with Crippen molar-refractivity contribution < 1.29 is 21.9 Å². The number of hydrogen-bond acceptors (Lipinski definition) is 3. The van der Waals surface area contributed by atoms with E-state index < -0.39 is 21.3 Å². The molecule has 2 aromatic rings. The zero-order valence-corrected chi connectivity index (χ0v) is 15.3. The van der Waals surface area contributed by atoms with Gasteiger partial charge < -0.3 is 4.74 Å². The molecule has 4 nitrogen and oxygen atoms in total. The molecule has 26 heavy (non-hydrogen) atoms. The number of halogens is 2. The third kappa shape index (κ3) is 3.95. The third-order valence-electron chi connectivity index (χ3n) is 4.95. The lowest BCUT2D eigenvalue weighted by molar-refractivity contribution is 0.0517. The second kappa shape index (κ2) is 7.42. The van der Waals surface area contributed by atoms with Gasteiger partial charge in [-0.15, -0.1) is 0 Å². The number of hydrogen-bond donors (Lipinski definition) is 1. The first kappa shape index (κ1) is 18.9. The molecule has 2 aromatic carbocycles. The van der Waals surface area contributed by atoms with Gasteiger partial charge in [-0.25, -0.2) is 21.9 Å². The lowest BCUT2D eigenvalue weighted by Gasteiger charge is -2.38. The highest BCUT2D eigenvalue weighted by molar-refractivity contribution is 7.89. The zero-order valence-electron chi connectivity index (χ0n) is 14.5. The first-order chi connectivity index (χ1) is 12.3. The van der Waals surface area contributed by atoms with Crippen molar-refractivity contribution in [1.82, 2.24) is 4.72 Å². The van der Waals surface area contributed by atoms with Gasteiger partial charge in [0.15, 0.2) is 0 Å². The van der Waals surface area contributed by atoms with Crippen molar-refractivity contribution in [2.24, 2.45) is 0 Å². The van der Waals surface area contributed by atoms with E-state index in [9.17, 15) is 17.2 Å². The Bertz CT molecular complexity index is 876. The van der Waals surface area contributed by atoms with Crippen LogP contribution in [0.2, 0.25) is 0 Å². The molecule has 1 heterocycles. The monoisotopic (exact) mass is 381 g/mol. The molecule has 0 aliphatic carbocycles. The van der Waals surface area contributed by atoms with Gasteiger partial charge in [0, 0.05) is 25.2 Å². The molecular weight excluding hydrogens is 360 g/mol. The van der Waals surface area contributed by atoms with Gasteiger partial charge in [-0.3, -0.25) is 0 Å². The molecule has 1 fully saturated rings. The molecular formula is C19H21F2NO3S. The minimum absolute atomic E-state index is 0.0257. The van der Waals surface area contributed by atoms with Crippen molar-refractivity contribution in [3.63, 3.8) is 0 Å². The summed E-state index contributed by atoms with van der Waals surface area (Å²) in [6.45, 7) is 2.71. The van der Waals surface area contributed by atoms with E-state index in [2.05, 4.69) is 4.72 Å². The molecule has 1 saturated heterocycles.